The van der Waals surface area contributed by atoms with Gasteiger partial charge in [0.05, 0.1) is 12.1 Å². The predicted octanol–water partition coefficient (Wildman–Crippen LogP) is 1.84. The molecule has 0 radical (unpaired) electrons. The largest absolute Gasteiger partial charge is 0.384 e. The molecule has 4 rings (SSSR count). The van der Waals surface area contributed by atoms with Crippen LogP contribution in [0, 0.1) is 5.92 Å². The number of amides is 2. The van der Waals surface area contributed by atoms with Crippen LogP contribution < -0.4 is 21.9 Å². The number of rotatable bonds is 6. The molecule has 7 nitrogen and oxygen atoms in total. The Morgan fingerprint density at radius 1 is 1.34 bits per heavy atom. The number of primary amides is 1. The summed E-state index contributed by atoms with van der Waals surface area (Å²) >= 11 is 0. The molecule has 1 aromatic heterocycles. The number of carbonyl (C=O) groups is 2. The van der Waals surface area contributed by atoms with Crippen molar-refractivity contribution in [2.75, 3.05) is 18.9 Å². The summed E-state index contributed by atoms with van der Waals surface area (Å²) in [6, 6.07) is 5.93. The van der Waals surface area contributed by atoms with Crippen molar-refractivity contribution in [2.24, 2.45) is 11.7 Å². The van der Waals surface area contributed by atoms with Crippen LogP contribution in [-0.4, -0.2) is 30.0 Å². The molecule has 7 heteroatoms. The molecule has 2 aromatic rings. The third-order valence-electron chi connectivity index (χ3n) is 6.16. The molecule has 1 saturated carbocycles. The maximum atomic E-state index is 13.3. The molecule has 4 N–H and O–H groups in total. The lowest BCUT2D eigenvalue weighted by Gasteiger charge is -2.17. The minimum Gasteiger partial charge on any atom is -0.384 e. The van der Waals surface area contributed by atoms with Gasteiger partial charge in [0.2, 0.25) is 0 Å². The molecular weight excluding hydrogens is 368 g/mol. The van der Waals surface area contributed by atoms with Gasteiger partial charge in [-0.2, -0.15) is 0 Å². The first-order valence-corrected chi connectivity index (χ1v) is 10.1. The summed E-state index contributed by atoms with van der Waals surface area (Å²) < 4.78 is 1.45. The Kier molecular flexibility index (Phi) is 4.90. The molecule has 1 aliphatic carbocycles. The minimum absolute atomic E-state index is 0.0299. The van der Waals surface area contributed by atoms with Crippen LogP contribution in [0.25, 0.3) is 0 Å². The van der Waals surface area contributed by atoms with Crippen molar-refractivity contribution in [3.63, 3.8) is 0 Å². The number of carbonyl (C=O) groups excluding carboxylic acids is 2. The SMILES string of the molecule is CCC1CC1c1c(C(N)=O)cn(Cc2cccc3c2CCN3)c(=O)c1C(=O)NC. The number of pyridine rings is 1. The maximum absolute atomic E-state index is 13.3. The van der Waals surface area contributed by atoms with Gasteiger partial charge >= 0.3 is 0 Å². The zero-order chi connectivity index (χ0) is 20.7. The van der Waals surface area contributed by atoms with Crippen LogP contribution in [0.15, 0.2) is 29.2 Å². The van der Waals surface area contributed by atoms with Crippen molar-refractivity contribution in [3.8, 4) is 0 Å². The van der Waals surface area contributed by atoms with E-state index in [-0.39, 0.29) is 29.1 Å². The second-order valence-electron chi connectivity index (χ2n) is 7.84. The van der Waals surface area contributed by atoms with E-state index in [4.69, 9.17) is 5.73 Å². The summed E-state index contributed by atoms with van der Waals surface area (Å²) in [4.78, 5) is 38.3. The number of nitrogens with one attached hydrogen (secondary N) is 2. The molecule has 2 heterocycles. The molecule has 1 aromatic carbocycles. The average Bonchev–Trinajstić information content (AvgIpc) is 3.33. The third-order valence-corrected chi connectivity index (χ3v) is 6.16. The Balaban J connectivity index is 1.87. The number of benzene rings is 1. The topological polar surface area (TPSA) is 106 Å². The summed E-state index contributed by atoms with van der Waals surface area (Å²) in [6.45, 7) is 3.21. The highest BCUT2D eigenvalue weighted by molar-refractivity contribution is 6.01. The number of aromatic nitrogens is 1. The van der Waals surface area contributed by atoms with E-state index in [1.807, 2.05) is 18.2 Å². The Morgan fingerprint density at radius 2 is 2.14 bits per heavy atom. The highest BCUT2D eigenvalue weighted by atomic mass is 16.2. The molecule has 2 aliphatic rings. The highest BCUT2D eigenvalue weighted by Crippen LogP contribution is 2.51. The van der Waals surface area contributed by atoms with E-state index in [2.05, 4.69) is 17.6 Å². The molecule has 2 amide bonds. The first kappa shape index (κ1) is 19.2. The number of hydrogen-bond donors (Lipinski definition) is 3. The fourth-order valence-corrected chi connectivity index (χ4v) is 4.52. The van der Waals surface area contributed by atoms with Crippen molar-refractivity contribution in [2.45, 2.75) is 38.6 Å². The lowest BCUT2D eigenvalue weighted by atomic mass is 9.96. The Bertz CT molecular complexity index is 1060. The molecule has 2 unspecified atom stereocenters. The van der Waals surface area contributed by atoms with E-state index in [1.165, 1.54) is 17.2 Å². The lowest BCUT2D eigenvalue weighted by Crippen LogP contribution is -2.35. The van der Waals surface area contributed by atoms with Crippen molar-refractivity contribution in [3.05, 3.63) is 62.6 Å². The maximum Gasteiger partial charge on any atom is 0.264 e. The molecule has 0 spiro atoms. The zero-order valence-corrected chi connectivity index (χ0v) is 16.7. The summed E-state index contributed by atoms with van der Waals surface area (Å²) in [5.41, 5.74) is 9.38. The van der Waals surface area contributed by atoms with Crippen LogP contribution in [-0.2, 0) is 13.0 Å². The number of anilines is 1. The van der Waals surface area contributed by atoms with Crippen molar-refractivity contribution in [1.29, 1.82) is 0 Å². The van der Waals surface area contributed by atoms with E-state index in [0.29, 0.717) is 11.5 Å². The van der Waals surface area contributed by atoms with Gasteiger partial charge in [0.15, 0.2) is 0 Å². The number of nitrogens with two attached hydrogens (primary N) is 1. The Morgan fingerprint density at radius 3 is 2.79 bits per heavy atom. The van der Waals surface area contributed by atoms with Crippen LogP contribution >= 0.6 is 0 Å². The summed E-state index contributed by atoms with van der Waals surface area (Å²) in [5, 5.41) is 5.89. The van der Waals surface area contributed by atoms with Crippen molar-refractivity contribution in [1.82, 2.24) is 9.88 Å². The number of fused-ring (bicyclic) bond motifs is 1. The van der Waals surface area contributed by atoms with Crippen LogP contribution in [0.5, 0.6) is 0 Å². The van der Waals surface area contributed by atoms with Gasteiger partial charge in [-0.15, -0.1) is 0 Å². The Hall–Kier alpha value is -3.09. The van der Waals surface area contributed by atoms with Gasteiger partial charge < -0.3 is 20.9 Å². The molecular formula is C22H26N4O3. The molecule has 0 bridgehead atoms. The van der Waals surface area contributed by atoms with Gasteiger partial charge in [-0.25, -0.2) is 0 Å². The number of hydrogen-bond acceptors (Lipinski definition) is 4. The average molecular weight is 394 g/mol. The molecule has 0 saturated heterocycles. The number of nitrogens with zero attached hydrogens (tertiary/aromatic N) is 1. The van der Waals surface area contributed by atoms with E-state index in [9.17, 15) is 14.4 Å². The summed E-state index contributed by atoms with van der Waals surface area (Å²) in [7, 11) is 1.49. The standard InChI is InChI=1S/C22H26N4O3/c1-3-12-9-15(12)18-16(20(23)27)11-26(22(29)19(18)21(28)24-2)10-13-5-4-6-17-14(13)7-8-25-17/h4-6,11-12,15,25H,3,7-10H2,1-2H3,(H2,23,27)(H,24,28). The predicted molar refractivity (Wildman–Crippen MR) is 111 cm³/mol. The Labute approximate surface area is 169 Å². The van der Waals surface area contributed by atoms with Crippen LogP contribution in [0.1, 0.15) is 63.1 Å². The first-order valence-electron chi connectivity index (χ1n) is 10.1. The highest BCUT2D eigenvalue weighted by Gasteiger charge is 2.42. The minimum atomic E-state index is -0.611. The van der Waals surface area contributed by atoms with Gasteiger partial charge in [0.1, 0.15) is 5.56 Å². The van der Waals surface area contributed by atoms with E-state index >= 15 is 0 Å². The molecule has 1 aliphatic heterocycles. The van der Waals surface area contributed by atoms with Gasteiger partial charge in [-0.3, -0.25) is 14.4 Å². The zero-order valence-electron chi connectivity index (χ0n) is 16.7. The lowest BCUT2D eigenvalue weighted by molar-refractivity contribution is 0.0960. The molecule has 1 fully saturated rings. The van der Waals surface area contributed by atoms with Crippen LogP contribution in [0.4, 0.5) is 5.69 Å². The quantitative estimate of drug-likeness (QED) is 0.695. The van der Waals surface area contributed by atoms with E-state index in [1.54, 1.807) is 6.20 Å². The molecule has 29 heavy (non-hydrogen) atoms. The van der Waals surface area contributed by atoms with Crippen LogP contribution in [0.3, 0.4) is 0 Å². The fourth-order valence-electron chi connectivity index (χ4n) is 4.52. The summed E-state index contributed by atoms with van der Waals surface area (Å²) in [5.74, 6) is -0.679. The van der Waals surface area contributed by atoms with Crippen LogP contribution in [0.2, 0.25) is 0 Å². The van der Waals surface area contributed by atoms with Crippen molar-refractivity contribution < 1.29 is 9.59 Å². The third kappa shape index (κ3) is 3.30. The fraction of sp³-hybridized carbons (Fsp3) is 0.409. The monoisotopic (exact) mass is 394 g/mol. The van der Waals surface area contributed by atoms with Gasteiger partial charge in [-0.05, 0) is 47.4 Å². The van der Waals surface area contributed by atoms with E-state index < -0.39 is 11.8 Å². The molecule has 2 atom stereocenters. The van der Waals surface area contributed by atoms with Gasteiger partial charge in [0, 0.05) is 25.5 Å². The first-order chi connectivity index (χ1) is 14.0. The molecule has 152 valence electrons. The second-order valence-corrected chi connectivity index (χ2v) is 7.84. The van der Waals surface area contributed by atoms with Gasteiger partial charge in [-0.1, -0.05) is 25.5 Å². The van der Waals surface area contributed by atoms with Crippen molar-refractivity contribution >= 4 is 17.5 Å². The van der Waals surface area contributed by atoms with Gasteiger partial charge in [0.25, 0.3) is 17.4 Å². The summed E-state index contributed by atoms with van der Waals surface area (Å²) in [6.07, 6.45) is 4.22. The smallest absolute Gasteiger partial charge is 0.264 e. The van der Waals surface area contributed by atoms with E-state index in [0.717, 1.165) is 37.1 Å². The normalized spacial score (nSPS) is 19.4. The second kappa shape index (κ2) is 7.39.